The van der Waals surface area contributed by atoms with E-state index in [1.807, 2.05) is 18.2 Å². The van der Waals surface area contributed by atoms with Crippen molar-refractivity contribution in [1.82, 2.24) is 9.78 Å². The van der Waals surface area contributed by atoms with Gasteiger partial charge in [0.2, 0.25) is 0 Å². The fraction of sp³-hybridized carbons (Fsp3) is 0.471. The van der Waals surface area contributed by atoms with E-state index in [9.17, 15) is 0 Å². The van der Waals surface area contributed by atoms with E-state index in [1.165, 1.54) is 37.0 Å². The molecule has 0 aliphatic heterocycles. The summed E-state index contributed by atoms with van der Waals surface area (Å²) < 4.78 is 2.17. The Hall–Kier alpha value is -1.26. The van der Waals surface area contributed by atoms with Crippen LogP contribution in [0.25, 0.3) is 0 Å². The van der Waals surface area contributed by atoms with Gasteiger partial charge in [-0.05, 0) is 36.6 Å². The Morgan fingerprint density at radius 1 is 1.19 bits per heavy atom. The Morgan fingerprint density at radius 3 is 2.86 bits per heavy atom. The van der Waals surface area contributed by atoms with Gasteiger partial charge in [0.1, 0.15) is 0 Å². The zero-order valence-corrected chi connectivity index (χ0v) is 13.1. The maximum atomic E-state index is 9.17. The highest BCUT2D eigenvalue weighted by Crippen LogP contribution is 2.28. The minimum absolute atomic E-state index is 0.102. The molecule has 1 aromatic heterocycles. The molecule has 1 aliphatic carbocycles. The third-order valence-electron chi connectivity index (χ3n) is 4.08. The minimum atomic E-state index is 0.102. The van der Waals surface area contributed by atoms with Gasteiger partial charge in [-0.2, -0.15) is 5.10 Å². The average Bonchev–Trinajstić information content (AvgIpc) is 3.03. The molecular weight excluding hydrogens is 280 g/mol. The summed E-state index contributed by atoms with van der Waals surface area (Å²) in [5, 5.41) is 13.9. The number of benzene rings is 1. The smallest absolute Gasteiger partial charge is 0.0727 e. The Bertz CT molecular complexity index is 576. The van der Waals surface area contributed by atoms with E-state index in [4.69, 9.17) is 10.2 Å². The Labute approximate surface area is 130 Å². The van der Waals surface area contributed by atoms with Gasteiger partial charge in [-0.3, -0.25) is 4.68 Å². The second-order valence-corrected chi connectivity index (χ2v) is 6.72. The van der Waals surface area contributed by atoms with Crippen molar-refractivity contribution in [1.29, 1.82) is 0 Å². The lowest BCUT2D eigenvalue weighted by Gasteiger charge is -2.21. The Morgan fingerprint density at radius 2 is 2.05 bits per heavy atom. The van der Waals surface area contributed by atoms with Gasteiger partial charge in [0.05, 0.1) is 18.3 Å². The first-order chi connectivity index (χ1) is 10.3. The van der Waals surface area contributed by atoms with Gasteiger partial charge in [-0.15, -0.1) is 11.8 Å². The van der Waals surface area contributed by atoms with Crippen LogP contribution in [0.1, 0.15) is 49.4 Å². The van der Waals surface area contributed by atoms with Crippen molar-refractivity contribution in [3.8, 4) is 0 Å². The summed E-state index contributed by atoms with van der Waals surface area (Å²) in [6.07, 6.45) is 8.72. The molecule has 1 aromatic carbocycles. The summed E-state index contributed by atoms with van der Waals surface area (Å²) in [6, 6.07) is 10.8. The molecule has 2 aromatic rings. The molecule has 0 spiro atoms. The predicted molar refractivity (Wildman–Crippen MR) is 86.3 cm³/mol. The van der Waals surface area contributed by atoms with Gasteiger partial charge in [0.15, 0.2) is 0 Å². The minimum Gasteiger partial charge on any atom is -0.392 e. The van der Waals surface area contributed by atoms with E-state index in [1.54, 1.807) is 11.8 Å². The first kappa shape index (κ1) is 14.7. The van der Waals surface area contributed by atoms with Crippen LogP contribution in [0.3, 0.4) is 0 Å². The summed E-state index contributed by atoms with van der Waals surface area (Å²) in [7, 11) is 0. The van der Waals surface area contributed by atoms with Crippen molar-refractivity contribution in [3.05, 3.63) is 47.8 Å². The van der Waals surface area contributed by atoms with Gasteiger partial charge in [-0.25, -0.2) is 0 Å². The molecule has 1 heterocycles. The predicted octanol–water partition coefficient (Wildman–Crippen LogP) is 4.17. The maximum Gasteiger partial charge on any atom is 0.0727 e. The van der Waals surface area contributed by atoms with Crippen LogP contribution in [-0.4, -0.2) is 14.9 Å². The first-order valence-corrected chi connectivity index (χ1v) is 8.70. The average molecular weight is 302 g/mol. The maximum absolute atomic E-state index is 9.17. The van der Waals surface area contributed by atoms with E-state index in [-0.39, 0.29) is 6.61 Å². The van der Waals surface area contributed by atoms with E-state index >= 15 is 0 Å². The highest BCUT2D eigenvalue weighted by Gasteiger charge is 2.15. The standard InChI is InChI=1S/C17H22N2OS/c20-12-14-5-4-8-17(11-14)21-13-15-9-10-19(18-15)16-6-2-1-3-7-16/h4-5,8-11,16,20H,1-3,6-7,12-13H2. The molecule has 3 nitrogen and oxygen atoms in total. The summed E-state index contributed by atoms with van der Waals surface area (Å²) in [5.74, 6) is 0.884. The molecular formula is C17H22N2OS. The molecule has 0 bridgehead atoms. The summed E-state index contributed by atoms with van der Waals surface area (Å²) >= 11 is 1.78. The second kappa shape index (κ2) is 7.14. The van der Waals surface area contributed by atoms with Gasteiger partial charge >= 0.3 is 0 Å². The van der Waals surface area contributed by atoms with Crippen LogP contribution in [0.15, 0.2) is 41.4 Å². The van der Waals surface area contributed by atoms with Crippen LogP contribution < -0.4 is 0 Å². The number of aliphatic hydroxyl groups excluding tert-OH is 1. The number of aromatic nitrogens is 2. The van der Waals surface area contributed by atoms with E-state index < -0.39 is 0 Å². The SMILES string of the molecule is OCc1cccc(SCc2ccn(C3CCCCC3)n2)c1. The summed E-state index contributed by atoms with van der Waals surface area (Å²) in [4.78, 5) is 1.19. The molecule has 3 rings (SSSR count). The Kier molecular flexibility index (Phi) is 4.99. The molecule has 112 valence electrons. The molecule has 0 amide bonds. The first-order valence-electron chi connectivity index (χ1n) is 7.72. The third kappa shape index (κ3) is 3.89. The number of hydrogen-bond acceptors (Lipinski definition) is 3. The lowest BCUT2D eigenvalue weighted by Crippen LogP contribution is -2.13. The largest absolute Gasteiger partial charge is 0.392 e. The fourth-order valence-corrected chi connectivity index (χ4v) is 3.77. The van der Waals surface area contributed by atoms with Crippen LogP contribution in [-0.2, 0) is 12.4 Å². The zero-order chi connectivity index (χ0) is 14.5. The number of rotatable bonds is 5. The van der Waals surface area contributed by atoms with Crippen LogP contribution in [0.5, 0.6) is 0 Å². The van der Waals surface area contributed by atoms with E-state index in [0.29, 0.717) is 6.04 Å². The van der Waals surface area contributed by atoms with Crippen molar-refractivity contribution in [3.63, 3.8) is 0 Å². The monoisotopic (exact) mass is 302 g/mol. The van der Waals surface area contributed by atoms with Crippen molar-refractivity contribution in [2.45, 2.75) is 55.4 Å². The summed E-state index contributed by atoms with van der Waals surface area (Å²) in [5.41, 5.74) is 2.10. The topological polar surface area (TPSA) is 38.0 Å². The zero-order valence-electron chi connectivity index (χ0n) is 12.2. The number of thioether (sulfide) groups is 1. The van der Waals surface area contributed by atoms with Crippen molar-refractivity contribution >= 4 is 11.8 Å². The third-order valence-corrected chi connectivity index (χ3v) is 5.11. The lowest BCUT2D eigenvalue weighted by atomic mass is 9.96. The molecule has 0 atom stereocenters. The Balaban J connectivity index is 1.59. The molecule has 0 saturated heterocycles. The van der Waals surface area contributed by atoms with Gasteiger partial charge < -0.3 is 5.11 Å². The van der Waals surface area contributed by atoms with Crippen LogP contribution in [0.4, 0.5) is 0 Å². The lowest BCUT2D eigenvalue weighted by molar-refractivity contribution is 0.281. The molecule has 21 heavy (non-hydrogen) atoms. The molecule has 0 radical (unpaired) electrons. The van der Waals surface area contributed by atoms with Crippen LogP contribution in [0, 0.1) is 0 Å². The molecule has 1 saturated carbocycles. The second-order valence-electron chi connectivity index (χ2n) is 5.67. The van der Waals surface area contributed by atoms with Crippen molar-refractivity contribution in [2.24, 2.45) is 0 Å². The number of hydrogen-bond donors (Lipinski definition) is 1. The molecule has 1 fully saturated rings. The quantitative estimate of drug-likeness (QED) is 0.842. The summed E-state index contributed by atoms with van der Waals surface area (Å²) in [6.45, 7) is 0.102. The molecule has 4 heteroatoms. The van der Waals surface area contributed by atoms with Crippen molar-refractivity contribution < 1.29 is 5.11 Å². The highest BCUT2D eigenvalue weighted by molar-refractivity contribution is 7.98. The molecule has 1 aliphatic rings. The fourth-order valence-electron chi connectivity index (χ4n) is 2.89. The highest BCUT2D eigenvalue weighted by atomic mass is 32.2. The number of aliphatic hydroxyl groups is 1. The van der Waals surface area contributed by atoms with Gasteiger partial charge in [0.25, 0.3) is 0 Å². The van der Waals surface area contributed by atoms with Gasteiger partial charge in [-0.1, -0.05) is 31.4 Å². The van der Waals surface area contributed by atoms with Crippen LogP contribution in [0.2, 0.25) is 0 Å². The molecule has 0 unspecified atom stereocenters. The molecule has 1 N–H and O–H groups in total. The van der Waals surface area contributed by atoms with E-state index in [2.05, 4.69) is 23.0 Å². The van der Waals surface area contributed by atoms with Crippen molar-refractivity contribution in [2.75, 3.05) is 0 Å². The number of nitrogens with zero attached hydrogens (tertiary/aromatic N) is 2. The normalized spacial score (nSPS) is 16.2. The van der Waals surface area contributed by atoms with E-state index in [0.717, 1.165) is 17.0 Å². The van der Waals surface area contributed by atoms with Crippen LogP contribution >= 0.6 is 11.8 Å². The van der Waals surface area contributed by atoms with Gasteiger partial charge in [0, 0.05) is 16.8 Å².